The average Bonchev–Trinajstić information content (AvgIpc) is 3.07. The standard InChI is InChI=1S/C21H34N4O2/c1-4-11-23(12-5-2)20(26)18-17-8-6-7-13-25(17)19(22-18)21(27)24-14-9-16(3)10-15-24/h16H,4-15H2,1-3H3. The monoisotopic (exact) mass is 374 g/mol. The summed E-state index contributed by atoms with van der Waals surface area (Å²) in [6.45, 7) is 10.3. The number of likely N-dealkylation sites (tertiary alicyclic amines) is 1. The summed E-state index contributed by atoms with van der Waals surface area (Å²) in [5, 5.41) is 0. The van der Waals surface area contributed by atoms with Gasteiger partial charge in [-0.15, -0.1) is 0 Å². The number of rotatable bonds is 6. The van der Waals surface area contributed by atoms with Crippen molar-refractivity contribution in [1.29, 1.82) is 0 Å². The molecule has 2 aliphatic rings. The zero-order valence-corrected chi connectivity index (χ0v) is 17.2. The highest BCUT2D eigenvalue weighted by molar-refractivity contribution is 5.97. The van der Waals surface area contributed by atoms with Gasteiger partial charge in [-0.25, -0.2) is 4.98 Å². The molecule has 0 aromatic carbocycles. The Morgan fingerprint density at radius 1 is 1.07 bits per heavy atom. The lowest BCUT2D eigenvalue weighted by atomic mass is 9.99. The molecule has 1 aromatic heterocycles. The van der Waals surface area contributed by atoms with E-state index in [0.29, 0.717) is 17.4 Å². The minimum Gasteiger partial charge on any atom is -0.337 e. The number of aromatic nitrogens is 2. The molecule has 3 heterocycles. The van der Waals surface area contributed by atoms with Crippen molar-refractivity contribution in [2.24, 2.45) is 5.92 Å². The third kappa shape index (κ3) is 4.19. The highest BCUT2D eigenvalue weighted by atomic mass is 16.2. The van der Waals surface area contributed by atoms with Crippen LogP contribution < -0.4 is 0 Å². The number of carbonyl (C=O) groups excluding carboxylic acids is 2. The van der Waals surface area contributed by atoms with Crippen molar-refractivity contribution in [3.63, 3.8) is 0 Å². The Labute approximate surface area is 162 Å². The van der Waals surface area contributed by atoms with Crippen molar-refractivity contribution >= 4 is 11.8 Å². The molecule has 0 saturated carbocycles. The molecule has 0 aliphatic carbocycles. The first kappa shape index (κ1) is 19.9. The number of amides is 2. The van der Waals surface area contributed by atoms with Crippen LogP contribution >= 0.6 is 0 Å². The molecule has 0 spiro atoms. The zero-order valence-electron chi connectivity index (χ0n) is 17.2. The molecular formula is C21H34N4O2. The second-order valence-electron chi connectivity index (χ2n) is 8.11. The van der Waals surface area contributed by atoms with Gasteiger partial charge in [0.05, 0.1) is 5.69 Å². The predicted octanol–water partition coefficient (Wildman–Crippen LogP) is 3.35. The molecule has 0 N–H and O–H groups in total. The van der Waals surface area contributed by atoms with Gasteiger partial charge in [-0.1, -0.05) is 20.8 Å². The molecule has 1 saturated heterocycles. The van der Waals surface area contributed by atoms with Crippen LogP contribution in [0.5, 0.6) is 0 Å². The van der Waals surface area contributed by atoms with E-state index in [1.807, 2.05) is 14.4 Å². The van der Waals surface area contributed by atoms with Crippen molar-refractivity contribution < 1.29 is 9.59 Å². The second kappa shape index (κ2) is 8.89. The third-order valence-corrected chi connectivity index (χ3v) is 5.86. The fraction of sp³-hybridized carbons (Fsp3) is 0.762. The van der Waals surface area contributed by atoms with Crippen LogP contribution in [0.2, 0.25) is 0 Å². The van der Waals surface area contributed by atoms with E-state index in [1.54, 1.807) is 0 Å². The van der Waals surface area contributed by atoms with Gasteiger partial charge in [-0.2, -0.15) is 0 Å². The topological polar surface area (TPSA) is 58.4 Å². The Kier molecular flexibility index (Phi) is 6.55. The van der Waals surface area contributed by atoms with Gasteiger partial charge in [-0.05, 0) is 50.9 Å². The van der Waals surface area contributed by atoms with Gasteiger partial charge < -0.3 is 14.4 Å². The average molecular weight is 375 g/mol. The maximum absolute atomic E-state index is 13.2. The summed E-state index contributed by atoms with van der Waals surface area (Å²) in [6.07, 6.45) is 6.89. The van der Waals surface area contributed by atoms with Gasteiger partial charge >= 0.3 is 0 Å². The summed E-state index contributed by atoms with van der Waals surface area (Å²) in [6, 6.07) is 0. The largest absolute Gasteiger partial charge is 0.337 e. The number of carbonyl (C=O) groups is 2. The van der Waals surface area contributed by atoms with E-state index in [9.17, 15) is 9.59 Å². The van der Waals surface area contributed by atoms with E-state index in [1.165, 1.54) is 0 Å². The SMILES string of the molecule is CCCN(CCC)C(=O)c1nc(C(=O)N2CCC(C)CC2)n2c1CCCC2. The third-order valence-electron chi connectivity index (χ3n) is 5.86. The molecule has 6 heteroatoms. The molecular weight excluding hydrogens is 340 g/mol. The molecule has 1 fully saturated rings. The maximum Gasteiger partial charge on any atom is 0.289 e. The Morgan fingerprint density at radius 3 is 2.37 bits per heavy atom. The van der Waals surface area contributed by atoms with Gasteiger partial charge in [0, 0.05) is 32.7 Å². The molecule has 6 nitrogen and oxygen atoms in total. The molecule has 0 atom stereocenters. The van der Waals surface area contributed by atoms with Crippen molar-refractivity contribution in [2.75, 3.05) is 26.2 Å². The van der Waals surface area contributed by atoms with Crippen LogP contribution in [-0.4, -0.2) is 57.3 Å². The zero-order chi connectivity index (χ0) is 19.4. The smallest absolute Gasteiger partial charge is 0.289 e. The van der Waals surface area contributed by atoms with E-state index < -0.39 is 0 Å². The summed E-state index contributed by atoms with van der Waals surface area (Å²) in [7, 11) is 0. The van der Waals surface area contributed by atoms with Gasteiger partial charge in [0.2, 0.25) is 0 Å². The number of hydrogen-bond donors (Lipinski definition) is 0. The van der Waals surface area contributed by atoms with Crippen LogP contribution in [0, 0.1) is 5.92 Å². The minimum absolute atomic E-state index is 0.00151. The van der Waals surface area contributed by atoms with Crippen molar-refractivity contribution in [3.8, 4) is 0 Å². The predicted molar refractivity (Wildman–Crippen MR) is 106 cm³/mol. The lowest BCUT2D eigenvalue weighted by Crippen LogP contribution is -2.39. The second-order valence-corrected chi connectivity index (χ2v) is 8.11. The van der Waals surface area contributed by atoms with E-state index >= 15 is 0 Å². The van der Waals surface area contributed by atoms with E-state index in [4.69, 9.17) is 0 Å². The number of hydrogen-bond acceptors (Lipinski definition) is 3. The first-order valence-corrected chi connectivity index (χ1v) is 10.7. The quantitative estimate of drug-likeness (QED) is 0.767. The molecule has 2 amide bonds. The number of fused-ring (bicyclic) bond motifs is 1. The van der Waals surface area contributed by atoms with Gasteiger partial charge in [-0.3, -0.25) is 9.59 Å². The molecule has 1 aromatic rings. The molecule has 27 heavy (non-hydrogen) atoms. The Balaban J connectivity index is 1.90. The highest BCUT2D eigenvalue weighted by Crippen LogP contribution is 2.25. The first-order valence-electron chi connectivity index (χ1n) is 10.7. The van der Waals surface area contributed by atoms with Crippen molar-refractivity contribution in [2.45, 2.75) is 72.3 Å². The first-order chi connectivity index (χ1) is 13.1. The van der Waals surface area contributed by atoms with E-state index in [0.717, 1.165) is 83.4 Å². The van der Waals surface area contributed by atoms with E-state index in [-0.39, 0.29) is 11.8 Å². The summed E-state index contributed by atoms with van der Waals surface area (Å²) in [5.41, 5.74) is 1.49. The van der Waals surface area contributed by atoms with Crippen molar-refractivity contribution in [3.05, 3.63) is 17.2 Å². The van der Waals surface area contributed by atoms with Crippen LogP contribution in [-0.2, 0) is 13.0 Å². The Morgan fingerprint density at radius 2 is 1.74 bits per heavy atom. The van der Waals surface area contributed by atoms with Crippen LogP contribution in [0.3, 0.4) is 0 Å². The van der Waals surface area contributed by atoms with Gasteiger partial charge in [0.1, 0.15) is 5.69 Å². The Hall–Kier alpha value is -1.85. The Bertz CT molecular complexity index is 668. The summed E-state index contributed by atoms with van der Waals surface area (Å²) < 4.78 is 2.03. The van der Waals surface area contributed by atoms with Crippen LogP contribution in [0.15, 0.2) is 0 Å². The van der Waals surface area contributed by atoms with E-state index in [2.05, 4.69) is 25.8 Å². The van der Waals surface area contributed by atoms with Crippen LogP contribution in [0.25, 0.3) is 0 Å². The molecule has 3 rings (SSSR count). The van der Waals surface area contributed by atoms with Gasteiger partial charge in [0.25, 0.3) is 11.8 Å². The van der Waals surface area contributed by atoms with Crippen LogP contribution in [0.4, 0.5) is 0 Å². The fourth-order valence-corrected chi connectivity index (χ4v) is 4.24. The highest BCUT2D eigenvalue weighted by Gasteiger charge is 2.32. The molecule has 150 valence electrons. The lowest BCUT2D eigenvalue weighted by molar-refractivity contribution is 0.0678. The maximum atomic E-state index is 13.2. The normalized spacial score (nSPS) is 17.7. The number of nitrogens with zero attached hydrogens (tertiary/aromatic N) is 4. The summed E-state index contributed by atoms with van der Waals surface area (Å²) in [4.78, 5) is 34.8. The molecule has 0 radical (unpaired) electrons. The molecule has 0 unspecified atom stereocenters. The lowest BCUT2D eigenvalue weighted by Gasteiger charge is -2.30. The van der Waals surface area contributed by atoms with Gasteiger partial charge in [0.15, 0.2) is 5.82 Å². The number of piperidine rings is 1. The number of imidazole rings is 1. The fourth-order valence-electron chi connectivity index (χ4n) is 4.24. The summed E-state index contributed by atoms with van der Waals surface area (Å²) >= 11 is 0. The molecule has 2 aliphatic heterocycles. The minimum atomic E-state index is -0.00401. The van der Waals surface area contributed by atoms with Crippen LogP contribution in [0.1, 0.15) is 86.1 Å². The van der Waals surface area contributed by atoms with Crippen molar-refractivity contribution in [1.82, 2.24) is 19.4 Å². The summed E-state index contributed by atoms with van der Waals surface area (Å²) in [5.74, 6) is 1.16. The molecule has 0 bridgehead atoms.